The molecule has 0 aliphatic carbocycles. The molecule has 4 rings (SSSR count). The molecule has 160 valence electrons. The molecular formula is C21H22N6O3S. The predicted molar refractivity (Wildman–Crippen MR) is 117 cm³/mol. The van der Waals surface area contributed by atoms with Crippen LogP contribution in [0.2, 0.25) is 0 Å². The first-order valence-corrected chi connectivity index (χ1v) is 11.2. The molecule has 0 unspecified atom stereocenters. The summed E-state index contributed by atoms with van der Waals surface area (Å²) in [5.74, 6) is 0.488. The van der Waals surface area contributed by atoms with Crippen LogP contribution in [0.25, 0.3) is 16.7 Å². The molecule has 10 heteroatoms. The van der Waals surface area contributed by atoms with Gasteiger partial charge in [0.1, 0.15) is 4.90 Å². The number of para-hydroxylation sites is 1. The Balaban J connectivity index is 1.56. The molecule has 3 aromatic heterocycles. The summed E-state index contributed by atoms with van der Waals surface area (Å²) in [4.78, 5) is 16.7. The van der Waals surface area contributed by atoms with Crippen LogP contribution >= 0.6 is 0 Å². The van der Waals surface area contributed by atoms with Crippen LogP contribution in [0.3, 0.4) is 0 Å². The highest BCUT2D eigenvalue weighted by atomic mass is 32.2. The number of nitrogens with zero attached hydrogens (tertiary/aromatic N) is 5. The largest absolute Gasteiger partial charge is 0.268 e. The molecule has 0 saturated carbocycles. The average Bonchev–Trinajstić information content (AvgIpc) is 3.06. The lowest BCUT2D eigenvalue weighted by Gasteiger charge is -2.11. The standard InChI is InChI=1S/C21H22N6O3S/c1-14-7-8-17-5-4-6-18(21(17)23-14)31(29,30)22-11-12-26-20(28)10-9-19(25-26)27-16(3)13-15(2)24-27/h4-10,13,22H,11-12H2,1-3H3. The number of sulfonamides is 1. The minimum atomic E-state index is -3.83. The van der Waals surface area contributed by atoms with Crippen molar-refractivity contribution in [1.82, 2.24) is 29.3 Å². The number of hydrogen-bond donors (Lipinski definition) is 1. The maximum Gasteiger partial charge on any atom is 0.266 e. The van der Waals surface area contributed by atoms with Crippen molar-refractivity contribution in [1.29, 1.82) is 0 Å². The van der Waals surface area contributed by atoms with Crippen molar-refractivity contribution in [3.63, 3.8) is 0 Å². The smallest absolute Gasteiger partial charge is 0.266 e. The summed E-state index contributed by atoms with van der Waals surface area (Å²) in [5, 5.41) is 9.43. The number of rotatable bonds is 6. The van der Waals surface area contributed by atoms with Crippen LogP contribution < -0.4 is 10.3 Å². The Bertz CT molecular complexity index is 1440. The zero-order valence-corrected chi connectivity index (χ0v) is 18.2. The maximum atomic E-state index is 12.9. The van der Waals surface area contributed by atoms with Crippen LogP contribution in [0.1, 0.15) is 17.1 Å². The van der Waals surface area contributed by atoms with E-state index in [2.05, 4.69) is 19.9 Å². The van der Waals surface area contributed by atoms with E-state index in [1.807, 2.05) is 45.0 Å². The van der Waals surface area contributed by atoms with E-state index in [1.165, 1.54) is 16.8 Å². The first-order chi connectivity index (χ1) is 14.7. The molecule has 0 saturated heterocycles. The molecule has 0 aliphatic rings. The highest BCUT2D eigenvalue weighted by molar-refractivity contribution is 7.89. The van der Waals surface area contributed by atoms with Gasteiger partial charge in [0.15, 0.2) is 5.82 Å². The minimum absolute atomic E-state index is 0.00197. The third-order valence-corrected chi connectivity index (χ3v) is 6.30. The Labute approximate surface area is 179 Å². The maximum absolute atomic E-state index is 12.9. The molecule has 0 amide bonds. The van der Waals surface area contributed by atoms with Gasteiger partial charge in [0.2, 0.25) is 10.0 Å². The SMILES string of the molecule is Cc1ccc2cccc(S(=O)(=O)NCCn3nc(-n4nc(C)cc4C)ccc3=O)c2n1. The van der Waals surface area contributed by atoms with Crippen molar-refractivity contribution in [3.05, 3.63) is 76.0 Å². The van der Waals surface area contributed by atoms with Crippen molar-refractivity contribution < 1.29 is 8.42 Å². The lowest BCUT2D eigenvalue weighted by atomic mass is 10.2. The Hall–Kier alpha value is -3.37. The van der Waals surface area contributed by atoms with Gasteiger partial charge >= 0.3 is 0 Å². The summed E-state index contributed by atoms with van der Waals surface area (Å²) in [6.45, 7) is 5.65. The molecule has 4 aromatic rings. The second-order valence-electron chi connectivity index (χ2n) is 7.27. The topological polar surface area (TPSA) is 112 Å². The summed E-state index contributed by atoms with van der Waals surface area (Å²) in [6, 6.07) is 13.6. The lowest BCUT2D eigenvalue weighted by Crippen LogP contribution is -2.32. The zero-order chi connectivity index (χ0) is 22.2. The second kappa shape index (κ2) is 8.05. The first kappa shape index (κ1) is 20.9. The normalized spacial score (nSPS) is 11.8. The molecule has 31 heavy (non-hydrogen) atoms. The summed E-state index contributed by atoms with van der Waals surface area (Å²) in [7, 11) is -3.83. The summed E-state index contributed by atoms with van der Waals surface area (Å²) < 4.78 is 31.2. The predicted octanol–water partition coefficient (Wildman–Crippen LogP) is 1.88. The van der Waals surface area contributed by atoms with E-state index in [1.54, 1.807) is 16.8 Å². The van der Waals surface area contributed by atoms with Gasteiger partial charge in [-0.1, -0.05) is 18.2 Å². The molecule has 0 spiro atoms. The van der Waals surface area contributed by atoms with Gasteiger partial charge in [-0.2, -0.15) is 5.10 Å². The van der Waals surface area contributed by atoms with Gasteiger partial charge in [0.05, 0.1) is 17.8 Å². The van der Waals surface area contributed by atoms with Gasteiger partial charge < -0.3 is 0 Å². The van der Waals surface area contributed by atoms with Crippen molar-refractivity contribution in [2.24, 2.45) is 0 Å². The van der Waals surface area contributed by atoms with Gasteiger partial charge in [0.25, 0.3) is 5.56 Å². The van der Waals surface area contributed by atoms with E-state index in [4.69, 9.17) is 0 Å². The van der Waals surface area contributed by atoms with E-state index in [-0.39, 0.29) is 23.5 Å². The Morgan fingerprint density at radius 2 is 1.77 bits per heavy atom. The zero-order valence-electron chi connectivity index (χ0n) is 17.4. The van der Waals surface area contributed by atoms with Gasteiger partial charge in [0, 0.05) is 29.4 Å². The van der Waals surface area contributed by atoms with Crippen molar-refractivity contribution in [2.75, 3.05) is 6.54 Å². The fourth-order valence-electron chi connectivity index (χ4n) is 3.37. The minimum Gasteiger partial charge on any atom is -0.268 e. The van der Waals surface area contributed by atoms with E-state index >= 15 is 0 Å². The Morgan fingerprint density at radius 3 is 2.52 bits per heavy atom. The number of aryl methyl sites for hydroxylation is 3. The van der Waals surface area contributed by atoms with Crippen molar-refractivity contribution in [3.8, 4) is 5.82 Å². The van der Waals surface area contributed by atoms with E-state index in [0.29, 0.717) is 11.3 Å². The fourth-order valence-corrected chi connectivity index (χ4v) is 4.56. The van der Waals surface area contributed by atoms with Crippen LogP contribution in [0.4, 0.5) is 0 Å². The van der Waals surface area contributed by atoms with Crippen LogP contribution in [-0.4, -0.2) is 39.5 Å². The third-order valence-electron chi connectivity index (χ3n) is 4.81. The molecule has 1 N–H and O–H groups in total. The molecule has 1 aromatic carbocycles. The van der Waals surface area contributed by atoms with E-state index in [9.17, 15) is 13.2 Å². The Morgan fingerprint density at radius 1 is 0.968 bits per heavy atom. The fraction of sp³-hybridized carbons (Fsp3) is 0.238. The van der Waals surface area contributed by atoms with Crippen LogP contribution in [0.15, 0.2) is 58.2 Å². The van der Waals surface area contributed by atoms with Crippen LogP contribution in [-0.2, 0) is 16.6 Å². The lowest BCUT2D eigenvalue weighted by molar-refractivity contribution is 0.541. The number of hydrogen-bond acceptors (Lipinski definition) is 6. The summed E-state index contributed by atoms with van der Waals surface area (Å²) in [6.07, 6.45) is 0. The van der Waals surface area contributed by atoms with Gasteiger partial charge in [-0.05, 0) is 45.0 Å². The number of fused-ring (bicyclic) bond motifs is 1. The molecule has 0 fully saturated rings. The number of benzene rings is 1. The molecule has 9 nitrogen and oxygen atoms in total. The summed E-state index contributed by atoms with van der Waals surface area (Å²) in [5.41, 5.74) is 2.54. The van der Waals surface area contributed by atoms with Crippen LogP contribution in [0.5, 0.6) is 0 Å². The van der Waals surface area contributed by atoms with E-state index < -0.39 is 10.0 Å². The third kappa shape index (κ3) is 4.25. The summed E-state index contributed by atoms with van der Waals surface area (Å²) >= 11 is 0. The molecular weight excluding hydrogens is 416 g/mol. The van der Waals surface area contributed by atoms with Crippen molar-refractivity contribution >= 4 is 20.9 Å². The van der Waals surface area contributed by atoms with Gasteiger partial charge in [-0.15, -0.1) is 5.10 Å². The monoisotopic (exact) mass is 438 g/mol. The number of nitrogens with one attached hydrogen (secondary N) is 1. The molecule has 0 radical (unpaired) electrons. The van der Waals surface area contributed by atoms with Crippen LogP contribution in [0, 0.1) is 20.8 Å². The van der Waals surface area contributed by atoms with E-state index in [0.717, 1.165) is 22.5 Å². The van der Waals surface area contributed by atoms with Gasteiger partial charge in [-0.3, -0.25) is 9.78 Å². The second-order valence-corrected chi connectivity index (χ2v) is 9.01. The highest BCUT2D eigenvalue weighted by Crippen LogP contribution is 2.21. The molecule has 3 heterocycles. The average molecular weight is 439 g/mol. The molecule has 0 bridgehead atoms. The Kier molecular flexibility index (Phi) is 5.42. The quantitative estimate of drug-likeness (QED) is 0.492. The molecule has 0 atom stereocenters. The van der Waals surface area contributed by atoms with Gasteiger partial charge in [-0.25, -0.2) is 22.5 Å². The molecule has 0 aliphatic heterocycles. The number of pyridine rings is 1. The van der Waals surface area contributed by atoms with Crippen molar-refractivity contribution in [2.45, 2.75) is 32.2 Å². The highest BCUT2D eigenvalue weighted by Gasteiger charge is 2.18. The first-order valence-electron chi connectivity index (χ1n) is 9.72. The number of aromatic nitrogens is 5.